The van der Waals surface area contributed by atoms with Crippen LogP contribution in [0, 0.1) is 17.8 Å². The van der Waals surface area contributed by atoms with Crippen molar-refractivity contribution < 1.29 is 0 Å². The van der Waals surface area contributed by atoms with E-state index in [4.69, 9.17) is 9.97 Å². The van der Waals surface area contributed by atoms with Gasteiger partial charge in [-0.1, -0.05) is 140 Å². The minimum atomic E-state index is 0.376. The third-order valence-corrected chi connectivity index (χ3v) is 13.6. The molecule has 0 amide bonds. The van der Waals surface area contributed by atoms with Gasteiger partial charge in [-0.2, -0.15) is 0 Å². The number of hydrogen-bond donors (Lipinski definition) is 0. The van der Waals surface area contributed by atoms with Gasteiger partial charge in [0.2, 0.25) is 5.95 Å². The van der Waals surface area contributed by atoms with Crippen LogP contribution in [0.25, 0.3) is 82.9 Å². The highest BCUT2D eigenvalue weighted by Crippen LogP contribution is 2.61. The quantitative estimate of drug-likeness (QED) is 0.178. The summed E-state index contributed by atoms with van der Waals surface area (Å²) in [5.74, 6) is 3.48. The van der Waals surface area contributed by atoms with Crippen LogP contribution in [-0.2, 0) is 5.41 Å². The van der Waals surface area contributed by atoms with E-state index in [1.807, 2.05) is 0 Å². The van der Waals surface area contributed by atoms with E-state index in [9.17, 15) is 0 Å². The molecule has 0 aliphatic heterocycles. The molecular weight excluding hydrogens is 667 g/mol. The Hall–Kier alpha value is -6.06. The molecule has 0 radical (unpaired) electrons. The lowest BCUT2D eigenvalue weighted by molar-refractivity contribution is -0.00516. The van der Waals surface area contributed by atoms with Crippen molar-refractivity contribution in [3.63, 3.8) is 0 Å². The standard InChI is InChI=1S/C52H41N3/c1-4-19-46-45(16-1)50(54-51(53-46)55-47-20-5-2-14-43(47)44-15-3-6-21-48(44)55)38-24-22-36(23-25-38)41-17-8-10-37-11-9-18-42(49(37)41)39-12-7-13-40(29-39)52-30-33-26-34(31-52)28-35(27-33)32-52/h1-25,29,33-35H,26-28,30-32H2. The molecule has 3 nitrogen and oxygen atoms in total. The Balaban J connectivity index is 0.968. The fourth-order valence-corrected chi connectivity index (χ4v) is 11.6. The first kappa shape index (κ1) is 31.3. The lowest BCUT2D eigenvalue weighted by Gasteiger charge is -2.57. The zero-order chi connectivity index (χ0) is 36.1. The molecule has 264 valence electrons. The van der Waals surface area contributed by atoms with E-state index in [1.54, 1.807) is 5.56 Å². The summed E-state index contributed by atoms with van der Waals surface area (Å²) in [4.78, 5) is 10.5. The molecule has 0 unspecified atom stereocenters. The van der Waals surface area contributed by atoms with Crippen LogP contribution in [0.15, 0.2) is 158 Å². The third kappa shape index (κ3) is 4.88. The molecule has 2 aromatic heterocycles. The molecule has 4 bridgehead atoms. The molecule has 4 saturated carbocycles. The average Bonchev–Trinajstić information content (AvgIpc) is 3.57. The summed E-state index contributed by atoms with van der Waals surface area (Å²) in [6.45, 7) is 0. The Morgan fingerprint density at radius 3 is 1.71 bits per heavy atom. The van der Waals surface area contributed by atoms with Crippen molar-refractivity contribution in [3.05, 3.63) is 163 Å². The van der Waals surface area contributed by atoms with E-state index in [0.717, 1.165) is 50.9 Å². The van der Waals surface area contributed by atoms with Crippen molar-refractivity contribution in [2.45, 2.75) is 43.9 Å². The summed E-state index contributed by atoms with van der Waals surface area (Å²) in [5, 5.41) is 6.05. The van der Waals surface area contributed by atoms with Crippen LogP contribution in [0.5, 0.6) is 0 Å². The summed E-state index contributed by atoms with van der Waals surface area (Å²) in [6, 6.07) is 57.8. The van der Waals surface area contributed by atoms with Crippen LogP contribution >= 0.6 is 0 Å². The molecule has 9 aromatic rings. The smallest absolute Gasteiger partial charge is 0.235 e. The number of para-hydroxylation sites is 3. The van der Waals surface area contributed by atoms with Gasteiger partial charge in [0.05, 0.1) is 22.2 Å². The van der Waals surface area contributed by atoms with E-state index in [0.29, 0.717) is 11.4 Å². The molecular formula is C52H41N3. The van der Waals surface area contributed by atoms with Crippen LogP contribution in [0.1, 0.15) is 44.1 Å². The molecule has 0 N–H and O–H groups in total. The van der Waals surface area contributed by atoms with Crippen LogP contribution in [0.4, 0.5) is 0 Å². The number of rotatable bonds is 5. The van der Waals surface area contributed by atoms with E-state index in [2.05, 4.69) is 162 Å². The van der Waals surface area contributed by atoms with Crippen molar-refractivity contribution in [1.29, 1.82) is 0 Å². The Labute approximate surface area is 321 Å². The molecule has 7 aromatic carbocycles. The Bertz CT molecular complexity index is 2870. The van der Waals surface area contributed by atoms with E-state index in [1.165, 1.54) is 82.3 Å². The molecule has 0 spiro atoms. The number of aromatic nitrogens is 3. The van der Waals surface area contributed by atoms with E-state index < -0.39 is 0 Å². The molecule has 0 saturated heterocycles. The Morgan fingerprint density at radius 2 is 1.04 bits per heavy atom. The van der Waals surface area contributed by atoms with Gasteiger partial charge < -0.3 is 0 Å². The van der Waals surface area contributed by atoms with Crippen LogP contribution in [-0.4, -0.2) is 14.5 Å². The first-order valence-electron chi connectivity index (χ1n) is 20.2. The average molecular weight is 708 g/mol. The zero-order valence-corrected chi connectivity index (χ0v) is 30.8. The molecule has 4 aliphatic carbocycles. The van der Waals surface area contributed by atoms with Crippen molar-refractivity contribution in [2.24, 2.45) is 17.8 Å². The van der Waals surface area contributed by atoms with Crippen LogP contribution < -0.4 is 0 Å². The number of hydrogen-bond acceptors (Lipinski definition) is 2. The highest BCUT2D eigenvalue weighted by Gasteiger charge is 2.51. The maximum Gasteiger partial charge on any atom is 0.235 e. The SMILES string of the molecule is c1cc(-c2cccc3cccc(-c4ccc(-c5nc(-n6c7ccccc7c7ccccc76)nc6ccccc56)cc4)c23)cc(C23CC4CC(CC(C4)C2)C3)c1. The second-order valence-corrected chi connectivity index (χ2v) is 16.8. The van der Waals surface area contributed by atoms with Gasteiger partial charge in [0.15, 0.2) is 0 Å². The molecule has 4 aliphatic rings. The highest BCUT2D eigenvalue weighted by atomic mass is 15.2. The fourth-order valence-electron chi connectivity index (χ4n) is 11.6. The predicted molar refractivity (Wildman–Crippen MR) is 228 cm³/mol. The van der Waals surface area contributed by atoms with Crippen molar-refractivity contribution >= 4 is 43.5 Å². The second-order valence-electron chi connectivity index (χ2n) is 16.8. The van der Waals surface area contributed by atoms with Gasteiger partial charge in [-0.3, -0.25) is 4.57 Å². The third-order valence-electron chi connectivity index (χ3n) is 13.6. The Morgan fingerprint density at radius 1 is 0.473 bits per heavy atom. The van der Waals surface area contributed by atoms with Crippen LogP contribution in [0.2, 0.25) is 0 Å². The fraction of sp³-hybridized carbons (Fsp3) is 0.192. The van der Waals surface area contributed by atoms with E-state index in [-0.39, 0.29) is 0 Å². The first-order chi connectivity index (χ1) is 27.2. The minimum Gasteiger partial charge on any atom is -0.278 e. The van der Waals surface area contributed by atoms with Gasteiger partial charge in [-0.15, -0.1) is 0 Å². The lowest BCUT2D eigenvalue weighted by atomic mass is 9.48. The van der Waals surface area contributed by atoms with Gasteiger partial charge in [-0.25, -0.2) is 9.97 Å². The van der Waals surface area contributed by atoms with Gasteiger partial charge in [-0.05, 0) is 118 Å². The van der Waals surface area contributed by atoms with Gasteiger partial charge in [0, 0.05) is 21.7 Å². The molecule has 3 heteroatoms. The number of nitrogens with zero attached hydrogens (tertiary/aromatic N) is 3. The maximum atomic E-state index is 5.35. The van der Waals surface area contributed by atoms with Gasteiger partial charge in [0.1, 0.15) is 0 Å². The number of benzene rings is 7. The van der Waals surface area contributed by atoms with Crippen molar-refractivity contribution in [1.82, 2.24) is 14.5 Å². The minimum absolute atomic E-state index is 0.376. The molecule has 13 rings (SSSR count). The lowest BCUT2D eigenvalue weighted by Crippen LogP contribution is -2.48. The summed E-state index contributed by atoms with van der Waals surface area (Å²) < 4.78 is 2.21. The van der Waals surface area contributed by atoms with Gasteiger partial charge in [0.25, 0.3) is 0 Å². The normalized spacial score (nSPS) is 21.6. The summed E-state index contributed by atoms with van der Waals surface area (Å²) in [7, 11) is 0. The second kappa shape index (κ2) is 12.0. The summed E-state index contributed by atoms with van der Waals surface area (Å²) >= 11 is 0. The highest BCUT2D eigenvalue weighted by molar-refractivity contribution is 6.09. The zero-order valence-electron chi connectivity index (χ0n) is 30.8. The summed E-state index contributed by atoms with van der Waals surface area (Å²) in [6.07, 6.45) is 8.58. The molecule has 4 fully saturated rings. The Kier molecular flexibility index (Phi) is 6.81. The molecule has 2 heterocycles. The topological polar surface area (TPSA) is 30.7 Å². The number of fused-ring (bicyclic) bond motifs is 5. The van der Waals surface area contributed by atoms with Crippen molar-refractivity contribution in [3.8, 4) is 39.5 Å². The summed E-state index contributed by atoms with van der Waals surface area (Å²) in [5.41, 5.74) is 12.3. The predicted octanol–water partition coefficient (Wildman–Crippen LogP) is 13.3. The van der Waals surface area contributed by atoms with Crippen molar-refractivity contribution in [2.75, 3.05) is 0 Å². The molecule has 0 atom stereocenters. The molecule has 55 heavy (non-hydrogen) atoms. The van der Waals surface area contributed by atoms with Crippen LogP contribution in [0.3, 0.4) is 0 Å². The monoisotopic (exact) mass is 707 g/mol. The maximum absolute atomic E-state index is 5.35. The largest absolute Gasteiger partial charge is 0.278 e. The van der Waals surface area contributed by atoms with E-state index >= 15 is 0 Å². The van der Waals surface area contributed by atoms with Gasteiger partial charge >= 0.3 is 0 Å². The first-order valence-corrected chi connectivity index (χ1v) is 20.2.